The molecule has 1 N–H and O–H groups in total. The normalized spacial score (nSPS) is 13.1. The average Bonchev–Trinajstić information content (AvgIpc) is 3.39. The lowest BCUT2D eigenvalue weighted by atomic mass is 10.2. The highest BCUT2D eigenvalue weighted by atomic mass is 32.2. The molecule has 0 fully saturated rings. The third-order valence-corrected chi connectivity index (χ3v) is 5.28. The van der Waals surface area contributed by atoms with Crippen molar-refractivity contribution in [3.63, 3.8) is 0 Å². The van der Waals surface area contributed by atoms with Gasteiger partial charge in [-0.25, -0.2) is 0 Å². The summed E-state index contributed by atoms with van der Waals surface area (Å²) in [6.45, 7) is 4.56. The number of ether oxygens (including phenoxy) is 3. The molecule has 1 atom stereocenters. The number of carbonyl (C=O) groups excluding carboxylic acids is 1. The van der Waals surface area contributed by atoms with E-state index in [0.29, 0.717) is 29.2 Å². The van der Waals surface area contributed by atoms with E-state index in [1.54, 1.807) is 6.92 Å². The third kappa shape index (κ3) is 5.04. The lowest BCUT2D eigenvalue weighted by Crippen LogP contribution is -2.30. The second-order valence-corrected chi connectivity index (χ2v) is 8.02. The van der Waals surface area contributed by atoms with Crippen LogP contribution >= 0.6 is 11.8 Å². The monoisotopic (exact) mass is 427 g/mol. The number of nitrogens with one attached hydrogen (secondary N) is 1. The Labute approximate surface area is 177 Å². The lowest BCUT2D eigenvalue weighted by Gasteiger charge is -2.10. The summed E-state index contributed by atoms with van der Waals surface area (Å²) in [5.41, 5.74) is 2.04. The van der Waals surface area contributed by atoms with Gasteiger partial charge in [-0.3, -0.25) is 4.79 Å². The standard InChI is InChI=1S/C21H21N3O5S/c1-13-4-3-5-16(8-13)26-11-19-23-24-21(29-19)30-14(2)20(25)22-10-15-6-7-17-18(9-15)28-12-27-17/h3-9,14H,10-12H2,1-2H3,(H,22,25)/t14-/m0/s1. The van der Waals surface area contributed by atoms with Crippen LogP contribution in [0.3, 0.4) is 0 Å². The van der Waals surface area contributed by atoms with Crippen molar-refractivity contribution in [2.24, 2.45) is 0 Å². The van der Waals surface area contributed by atoms with Crippen LogP contribution in [-0.4, -0.2) is 28.1 Å². The summed E-state index contributed by atoms with van der Waals surface area (Å²) in [7, 11) is 0. The van der Waals surface area contributed by atoms with Gasteiger partial charge >= 0.3 is 0 Å². The number of nitrogens with zero attached hydrogens (tertiary/aromatic N) is 2. The number of rotatable bonds is 8. The Morgan fingerprint density at radius 3 is 2.93 bits per heavy atom. The quantitative estimate of drug-likeness (QED) is 0.546. The predicted molar refractivity (Wildman–Crippen MR) is 110 cm³/mol. The Morgan fingerprint density at radius 1 is 1.20 bits per heavy atom. The van der Waals surface area contributed by atoms with Crippen LogP contribution in [0.2, 0.25) is 0 Å². The largest absolute Gasteiger partial charge is 0.484 e. The zero-order chi connectivity index (χ0) is 20.9. The van der Waals surface area contributed by atoms with Gasteiger partial charge in [0.2, 0.25) is 12.7 Å². The molecule has 1 aliphatic rings. The number of amides is 1. The van der Waals surface area contributed by atoms with Gasteiger partial charge in [0.05, 0.1) is 5.25 Å². The zero-order valence-electron chi connectivity index (χ0n) is 16.6. The number of aromatic nitrogens is 2. The summed E-state index contributed by atoms with van der Waals surface area (Å²) in [4.78, 5) is 12.4. The molecule has 0 spiro atoms. The van der Waals surface area contributed by atoms with E-state index in [4.69, 9.17) is 18.6 Å². The zero-order valence-corrected chi connectivity index (χ0v) is 17.4. The van der Waals surface area contributed by atoms with Crippen molar-refractivity contribution in [2.45, 2.75) is 37.5 Å². The van der Waals surface area contributed by atoms with Gasteiger partial charge in [0, 0.05) is 6.54 Å². The first-order valence-corrected chi connectivity index (χ1v) is 10.3. The molecule has 2 aromatic carbocycles. The maximum absolute atomic E-state index is 12.4. The number of hydrogen-bond acceptors (Lipinski definition) is 8. The minimum absolute atomic E-state index is 0.131. The average molecular weight is 427 g/mol. The SMILES string of the molecule is Cc1cccc(OCc2nnc(S[C@@H](C)C(=O)NCc3ccc4c(c3)OCO4)o2)c1. The lowest BCUT2D eigenvalue weighted by molar-refractivity contribution is -0.120. The molecule has 4 rings (SSSR count). The van der Waals surface area contributed by atoms with Crippen LogP contribution in [-0.2, 0) is 17.9 Å². The Kier molecular flexibility index (Phi) is 6.08. The molecule has 0 bridgehead atoms. The highest BCUT2D eigenvalue weighted by Crippen LogP contribution is 2.32. The Bertz CT molecular complexity index is 1040. The van der Waals surface area contributed by atoms with Gasteiger partial charge in [0.15, 0.2) is 18.1 Å². The summed E-state index contributed by atoms with van der Waals surface area (Å²) < 4.78 is 21.9. The number of carbonyl (C=O) groups is 1. The van der Waals surface area contributed by atoms with Crippen molar-refractivity contribution < 1.29 is 23.4 Å². The van der Waals surface area contributed by atoms with Crippen molar-refractivity contribution >= 4 is 17.7 Å². The highest BCUT2D eigenvalue weighted by molar-refractivity contribution is 8.00. The van der Waals surface area contributed by atoms with Gasteiger partial charge in [-0.15, -0.1) is 10.2 Å². The van der Waals surface area contributed by atoms with Crippen LogP contribution in [0.25, 0.3) is 0 Å². The van der Waals surface area contributed by atoms with E-state index in [1.807, 2.05) is 49.4 Å². The number of aryl methyl sites for hydroxylation is 1. The first-order chi connectivity index (χ1) is 14.6. The van der Waals surface area contributed by atoms with Gasteiger partial charge in [0.25, 0.3) is 11.1 Å². The van der Waals surface area contributed by atoms with Crippen LogP contribution in [0.15, 0.2) is 52.1 Å². The topological polar surface area (TPSA) is 95.7 Å². The molecule has 0 aliphatic carbocycles. The van der Waals surface area contributed by atoms with Crippen molar-refractivity contribution in [2.75, 3.05) is 6.79 Å². The molecule has 3 aromatic rings. The first-order valence-electron chi connectivity index (χ1n) is 9.41. The van der Waals surface area contributed by atoms with E-state index in [9.17, 15) is 4.79 Å². The van der Waals surface area contributed by atoms with E-state index in [-0.39, 0.29) is 19.3 Å². The molecule has 1 amide bonds. The highest BCUT2D eigenvalue weighted by Gasteiger charge is 2.19. The van der Waals surface area contributed by atoms with Gasteiger partial charge in [0.1, 0.15) is 5.75 Å². The number of hydrogen-bond donors (Lipinski definition) is 1. The summed E-state index contributed by atoms with van der Waals surface area (Å²) in [5.74, 6) is 2.36. The molecule has 0 saturated heterocycles. The fourth-order valence-electron chi connectivity index (χ4n) is 2.78. The number of thioether (sulfide) groups is 1. The van der Waals surface area contributed by atoms with Gasteiger partial charge in [-0.05, 0) is 49.2 Å². The van der Waals surface area contributed by atoms with E-state index in [0.717, 1.165) is 16.9 Å². The van der Waals surface area contributed by atoms with E-state index >= 15 is 0 Å². The van der Waals surface area contributed by atoms with Gasteiger partial charge in [-0.2, -0.15) is 0 Å². The minimum Gasteiger partial charge on any atom is -0.484 e. The molecule has 0 unspecified atom stereocenters. The molecular weight excluding hydrogens is 406 g/mol. The van der Waals surface area contributed by atoms with Crippen molar-refractivity contribution in [1.82, 2.24) is 15.5 Å². The fraction of sp³-hybridized carbons (Fsp3) is 0.286. The van der Waals surface area contributed by atoms with Crippen LogP contribution < -0.4 is 19.5 Å². The minimum atomic E-state index is -0.398. The molecule has 1 aliphatic heterocycles. The van der Waals surface area contributed by atoms with Crippen molar-refractivity contribution in [3.05, 3.63) is 59.5 Å². The van der Waals surface area contributed by atoms with Crippen LogP contribution in [0.1, 0.15) is 23.9 Å². The van der Waals surface area contributed by atoms with E-state index < -0.39 is 5.25 Å². The van der Waals surface area contributed by atoms with Crippen LogP contribution in [0.4, 0.5) is 0 Å². The number of fused-ring (bicyclic) bond motifs is 1. The van der Waals surface area contributed by atoms with Gasteiger partial charge in [-0.1, -0.05) is 30.0 Å². The maximum Gasteiger partial charge on any atom is 0.277 e. The molecular formula is C21H21N3O5S. The molecule has 1 aromatic heterocycles. The smallest absolute Gasteiger partial charge is 0.277 e. The summed E-state index contributed by atoms with van der Waals surface area (Å²) >= 11 is 1.20. The van der Waals surface area contributed by atoms with Crippen molar-refractivity contribution in [3.8, 4) is 17.2 Å². The second-order valence-electron chi connectivity index (χ2n) is 6.73. The molecule has 8 nitrogen and oxygen atoms in total. The van der Waals surface area contributed by atoms with Gasteiger partial charge < -0.3 is 23.9 Å². The Hall–Kier alpha value is -3.20. The predicted octanol–water partition coefficient (Wildman–Crippen LogP) is 3.48. The van der Waals surface area contributed by atoms with E-state index in [2.05, 4.69) is 15.5 Å². The number of benzene rings is 2. The van der Waals surface area contributed by atoms with Crippen molar-refractivity contribution in [1.29, 1.82) is 0 Å². The first kappa shape index (κ1) is 20.1. The van der Waals surface area contributed by atoms with Crippen LogP contribution in [0, 0.1) is 6.92 Å². The molecule has 0 radical (unpaired) electrons. The maximum atomic E-state index is 12.4. The fourth-order valence-corrected chi connectivity index (χ4v) is 3.51. The molecule has 2 heterocycles. The molecule has 9 heteroatoms. The Morgan fingerprint density at radius 2 is 2.07 bits per heavy atom. The molecule has 30 heavy (non-hydrogen) atoms. The molecule has 0 saturated carbocycles. The summed E-state index contributed by atoms with van der Waals surface area (Å²) in [6.07, 6.45) is 0. The molecule has 156 valence electrons. The van der Waals surface area contributed by atoms with E-state index in [1.165, 1.54) is 11.8 Å². The second kappa shape index (κ2) is 9.08. The summed E-state index contributed by atoms with van der Waals surface area (Å²) in [5, 5.41) is 10.8. The van der Waals surface area contributed by atoms with Crippen LogP contribution in [0.5, 0.6) is 17.2 Å². The third-order valence-electron chi connectivity index (χ3n) is 4.35. The summed E-state index contributed by atoms with van der Waals surface area (Å²) in [6, 6.07) is 13.3. The Balaban J connectivity index is 1.25.